The van der Waals surface area contributed by atoms with E-state index in [2.05, 4.69) is 0 Å². The van der Waals surface area contributed by atoms with Gasteiger partial charge in [0.2, 0.25) is 0 Å². The van der Waals surface area contributed by atoms with E-state index in [4.69, 9.17) is 14.6 Å². The highest BCUT2D eigenvalue weighted by molar-refractivity contribution is 5.26. The van der Waals surface area contributed by atoms with Gasteiger partial charge in [0.25, 0.3) is 0 Å². The zero-order valence-electron chi connectivity index (χ0n) is 12.1. The maximum Gasteiger partial charge on any atom is 0.118 e. The van der Waals surface area contributed by atoms with E-state index in [-0.39, 0.29) is 6.10 Å². The lowest BCUT2D eigenvalue weighted by atomic mass is 10.1. The summed E-state index contributed by atoms with van der Waals surface area (Å²) in [6.07, 6.45) is 5.30. The maximum atomic E-state index is 9.12. The van der Waals surface area contributed by atoms with Crippen LogP contribution in [0.4, 0.5) is 0 Å². The Bertz CT molecular complexity index is 319. The van der Waals surface area contributed by atoms with Crippen molar-refractivity contribution in [2.24, 2.45) is 0 Å². The molecule has 0 spiro atoms. The Morgan fingerprint density at radius 3 is 2.37 bits per heavy atom. The number of benzene rings is 1. The summed E-state index contributed by atoms with van der Waals surface area (Å²) >= 11 is 0. The molecule has 1 aromatic rings. The fourth-order valence-electron chi connectivity index (χ4n) is 1.91. The van der Waals surface area contributed by atoms with Crippen molar-refractivity contribution in [2.75, 3.05) is 13.7 Å². The second-order valence-electron chi connectivity index (χ2n) is 4.95. The number of ether oxygens (including phenoxy) is 2. The maximum absolute atomic E-state index is 9.12. The fraction of sp³-hybridized carbons (Fsp3) is 0.625. The molecule has 0 amide bonds. The minimum atomic E-state index is -0.161. The first-order chi connectivity index (χ1) is 9.22. The van der Waals surface area contributed by atoms with Gasteiger partial charge in [0.05, 0.1) is 19.8 Å². The first-order valence-electron chi connectivity index (χ1n) is 7.11. The Morgan fingerprint density at radius 1 is 1.05 bits per heavy atom. The lowest BCUT2D eigenvalue weighted by Crippen LogP contribution is -1.99. The van der Waals surface area contributed by atoms with E-state index in [9.17, 15) is 0 Å². The summed E-state index contributed by atoms with van der Waals surface area (Å²) in [5.41, 5.74) is 1.18. The molecular weight excluding hydrogens is 240 g/mol. The molecule has 0 heterocycles. The number of aliphatic hydroxyl groups excluding tert-OH is 1. The molecule has 0 aliphatic heterocycles. The number of methoxy groups -OCH3 is 1. The second-order valence-corrected chi connectivity index (χ2v) is 4.95. The van der Waals surface area contributed by atoms with Crippen molar-refractivity contribution in [3.8, 4) is 5.75 Å². The Kier molecular flexibility index (Phi) is 8.26. The fourth-order valence-corrected chi connectivity index (χ4v) is 1.91. The van der Waals surface area contributed by atoms with Crippen LogP contribution in [0.5, 0.6) is 5.75 Å². The van der Waals surface area contributed by atoms with E-state index in [1.54, 1.807) is 7.11 Å². The zero-order valence-corrected chi connectivity index (χ0v) is 12.1. The molecule has 0 radical (unpaired) electrons. The molecule has 0 saturated heterocycles. The Labute approximate surface area is 116 Å². The van der Waals surface area contributed by atoms with Crippen molar-refractivity contribution in [2.45, 2.75) is 51.7 Å². The molecule has 0 unspecified atom stereocenters. The van der Waals surface area contributed by atoms with E-state index in [0.29, 0.717) is 6.61 Å². The van der Waals surface area contributed by atoms with Gasteiger partial charge in [-0.1, -0.05) is 31.4 Å². The minimum absolute atomic E-state index is 0.161. The summed E-state index contributed by atoms with van der Waals surface area (Å²) < 4.78 is 10.7. The molecular formula is C16H26O3. The summed E-state index contributed by atoms with van der Waals surface area (Å²) in [5, 5.41) is 9.12. The summed E-state index contributed by atoms with van der Waals surface area (Å²) in [7, 11) is 1.67. The molecule has 0 saturated carbocycles. The first-order valence-corrected chi connectivity index (χ1v) is 7.11. The molecule has 0 aliphatic carbocycles. The Hall–Kier alpha value is -1.06. The summed E-state index contributed by atoms with van der Waals surface area (Å²) in [5.74, 6) is 0.877. The molecule has 1 aromatic carbocycles. The van der Waals surface area contributed by atoms with E-state index < -0.39 is 0 Å². The molecule has 3 heteroatoms. The predicted octanol–water partition coefficient (Wildman–Crippen LogP) is 3.54. The molecule has 3 nitrogen and oxygen atoms in total. The van der Waals surface area contributed by atoms with Crippen molar-refractivity contribution in [3.05, 3.63) is 29.8 Å². The van der Waals surface area contributed by atoms with Crippen LogP contribution in [0.15, 0.2) is 24.3 Å². The molecule has 0 aromatic heterocycles. The van der Waals surface area contributed by atoms with E-state index >= 15 is 0 Å². The van der Waals surface area contributed by atoms with Gasteiger partial charge < -0.3 is 14.6 Å². The first kappa shape index (κ1) is 16.0. The van der Waals surface area contributed by atoms with Crippen LogP contribution >= 0.6 is 0 Å². The van der Waals surface area contributed by atoms with Crippen molar-refractivity contribution < 1.29 is 14.6 Å². The van der Waals surface area contributed by atoms with Gasteiger partial charge in [-0.25, -0.2) is 0 Å². The number of rotatable bonds is 10. The van der Waals surface area contributed by atoms with E-state index in [1.165, 1.54) is 18.4 Å². The number of hydrogen-bond acceptors (Lipinski definition) is 3. The van der Waals surface area contributed by atoms with Crippen LogP contribution < -0.4 is 4.74 Å². The highest BCUT2D eigenvalue weighted by Crippen LogP contribution is 2.12. The SMILES string of the molecule is COc1ccc(COCCCCCC[C@@H](C)O)cc1. The lowest BCUT2D eigenvalue weighted by molar-refractivity contribution is 0.116. The molecule has 1 N–H and O–H groups in total. The monoisotopic (exact) mass is 266 g/mol. The van der Waals surface area contributed by atoms with Gasteiger partial charge in [0, 0.05) is 6.61 Å². The average Bonchev–Trinajstić information content (AvgIpc) is 2.42. The summed E-state index contributed by atoms with van der Waals surface area (Å²) in [4.78, 5) is 0. The third-order valence-electron chi connectivity index (χ3n) is 3.09. The molecule has 19 heavy (non-hydrogen) atoms. The smallest absolute Gasteiger partial charge is 0.118 e. The zero-order chi connectivity index (χ0) is 13.9. The van der Waals surface area contributed by atoms with Gasteiger partial charge >= 0.3 is 0 Å². The van der Waals surface area contributed by atoms with Gasteiger partial charge in [-0.3, -0.25) is 0 Å². The third-order valence-corrected chi connectivity index (χ3v) is 3.09. The van der Waals surface area contributed by atoms with Crippen molar-refractivity contribution in [1.82, 2.24) is 0 Å². The van der Waals surface area contributed by atoms with E-state index in [1.807, 2.05) is 31.2 Å². The molecule has 108 valence electrons. The molecule has 0 bridgehead atoms. The van der Waals surface area contributed by atoms with Crippen LogP contribution in [-0.2, 0) is 11.3 Å². The Balaban J connectivity index is 1.98. The predicted molar refractivity (Wildman–Crippen MR) is 77.4 cm³/mol. The normalized spacial score (nSPS) is 12.4. The van der Waals surface area contributed by atoms with Gasteiger partial charge in [-0.2, -0.15) is 0 Å². The largest absolute Gasteiger partial charge is 0.497 e. The highest BCUT2D eigenvalue weighted by Gasteiger charge is 1.97. The minimum Gasteiger partial charge on any atom is -0.497 e. The van der Waals surface area contributed by atoms with E-state index in [0.717, 1.165) is 31.6 Å². The van der Waals surface area contributed by atoms with Gasteiger partial charge in [-0.05, 0) is 37.5 Å². The van der Waals surface area contributed by atoms with Crippen molar-refractivity contribution in [3.63, 3.8) is 0 Å². The van der Waals surface area contributed by atoms with Crippen LogP contribution in [0, 0.1) is 0 Å². The number of hydrogen-bond donors (Lipinski definition) is 1. The molecule has 1 rings (SSSR count). The number of unbranched alkanes of at least 4 members (excludes halogenated alkanes) is 3. The van der Waals surface area contributed by atoms with Crippen LogP contribution in [0.25, 0.3) is 0 Å². The average molecular weight is 266 g/mol. The standard InChI is InChI=1S/C16H26O3/c1-14(17)7-5-3-4-6-12-19-13-15-8-10-16(18-2)11-9-15/h8-11,14,17H,3-7,12-13H2,1-2H3/t14-/m1/s1. The molecule has 1 atom stereocenters. The van der Waals surface area contributed by atoms with Gasteiger partial charge in [0.15, 0.2) is 0 Å². The number of aliphatic hydroxyl groups is 1. The van der Waals surface area contributed by atoms with Crippen LogP contribution in [0.2, 0.25) is 0 Å². The van der Waals surface area contributed by atoms with Crippen LogP contribution in [0.3, 0.4) is 0 Å². The molecule has 0 fully saturated rings. The van der Waals surface area contributed by atoms with Gasteiger partial charge in [0.1, 0.15) is 5.75 Å². The lowest BCUT2D eigenvalue weighted by Gasteiger charge is -2.06. The topological polar surface area (TPSA) is 38.7 Å². The second kappa shape index (κ2) is 9.82. The highest BCUT2D eigenvalue weighted by atomic mass is 16.5. The van der Waals surface area contributed by atoms with Crippen LogP contribution in [0.1, 0.15) is 44.6 Å². The summed E-state index contributed by atoms with van der Waals surface area (Å²) in [6.45, 7) is 3.32. The van der Waals surface area contributed by atoms with Gasteiger partial charge in [-0.15, -0.1) is 0 Å². The Morgan fingerprint density at radius 2 is 1.74 bits per heavy atom. The quantitative estimate of drug-likeness (QED) is 0.658. The molecule has 0 aliphatic rings. The van der Waals surface area contributed by atoms with Crippen molar-refractivity contribution in [1.29, 1.82) is 0 Å². The summed E-state index contributed by atoms with van der Waals surface area (Å²) in [6, 6.07) is 7.96. The van der Waals surface area contributed by atoms with Crippen molar-refractivity contribution >= 4 is 0 Å². The third kappa shape index (κ3) is 7.85. The van der Waals surface area contributed by atoms with Crippen LogP contribution in [-0.4, -0.2) is 24.9 Å².